The topological polar surface area (TPSA) is 92.3 Å². The highest BCUT2D eigenvalue weighted by Crippen LogP contribution is 2.19. The van der Waals surface area contributed by atoms with Crippen LogP contribution in [0, 0.1) is 0 Å². The Balaban J connectivity index is 0.000000191. The van der Waals surface area contributed by atoms with Gasteiger partial charge in [0.15, 0.2) is 0 Å². The summed E-state index contributed by atoms with van der Waals surface area (Å²) in [5, 5.41) is 1.01. The molecular formula is C24H20Cl2N2O4S2. The molecule has 34 heavy (non-hydrogen) atoms. The minimum Gasteiger partial charge on any atom is -0.280 e. The summed E-state index contributed by atoms with van der Waals surface area (Å²) in [5.74, 6) is 0. The predicted molar refractivity (Wildman–Crippen MR) is 137 cm³/mol. The first kappa shape index (κ1) is 25.6. The average molecular weight is 535 g/mol. The van der Waals surface area contributed by atoms with E-state index >= 15 is 0 Å². The molecule has 10 heteroatoms. The third-order valence-corrected chi connectivity index (χ3v) is 7.60. The average Bonchev–Trinajstić information content (AvgIpc) is 2.81. The van der Waals surface area contributed by atoms with Crippen LogP contribution in [0.2, 0.25) is 10.0 Å². The smallest absolute Gasteiger partial charge is 0.261 e. The summed E-state index contributed by atoms with van der Waals surface area (Å²) in [6.45, 7) is 0. The van der Waals surface area contributed by atoms with Crippen molar-refractivity contribution in [3.05, 3.63) is 119 Å². The zero-order chi connectivity index (χ0) is 24.6. The monoisotopic (exact) mass is 534 g/mol. The fourth-order valence-electron chi connectivity index (χ4n) is 2.67. The molecule has 0 saturated carbocycles. The van der Waals surface area contributed by atoms with E-state index in [1.165, 1.54) is 24.3 Å². The lowest BCUT2D eigenvalue weighted by Crippen LogP contribution is -2.12. The number of hydrogen-bond donors (Lipinski definition) is 2. The highest BCUT2D eigenvalue weighted by atomic mass is 35.5. The lowest BCUT2D eigenvalue weighted by atomic mass is 10.3. The zero-order valence-electron chi connectivity index (χ0n) is 17.6. The van der Waals surface area contributed by atoms with Gasteiger partial charge in [-0.15, -0.1) is 0 Å². The molecule has 0 unspecified atom stereocenters. The third kappa shape index (κ3) is 7.50. The van der Waals surface area contributed by atoms with E-state index in [9.17, 15) is 16.8 Å². The lowest BCUT2D eigenvalue weighted by Gasteiger charge is -2.07. The molecule has 0 bridgehead atoms. The first-order valence-electron chi connectivity index (χ1n) is 9.83. The zero-order valence-corrected chi connectivity index (χ0v) is 20.7. The molecule has 4 rings (SSSR count). The molecule has 6 nitrogen and oxygen atoms in total. The van der Waals surface area contributed by atoms with Crippen LogP contribution in [0.4, 0.5) is 11.4 Å². The molecule has 2 N–H and O–H groups in total. The minimum absolute atomic E-state index is 0.186. The van der Waals surface area contributed by atoms with Crippen molar-refractivity contribution in [2.24, 2.45) is 0 Å². The number of anilines is 2. The van der Waals surface area contributed by atoms with Gasteiger partial charge in [-0.05, 0) is 72.8 Å². The highest BCUT2D eigenvalue weighted by Gasteiger charge is 2.14. The van der Waals surface area contributed by atoms with Crippen LogP contribution in [-0.4, -0.2) is 16.8 Å². The van der Waals surface area contributed by atoms with Crippen LogP contribution < -0.4 is 9.44 Å². The SMILES string of the molecule is O=S(=O)(Nc1ccccc1)c1ccc(Cl)cc1.O=S(=O)(Nc1ccccc1)c1ccc(Cl)cc1. The van der Waals surface area contributed by atoms with Crippen molar-refractivity contribution in [1.82, 2.24) is 0 Å². The normalized spacial score (nSPS) is 11.1. The van der Waals surface area contributed by atoms with Crippen LogP contribution in [-0.2, 0) is 20.0 Å². The Labute approximate surface area is 209 Å². The van der Waals surface area contributed by atoms with Gasteiger partial charge in [-0.1, -0.05) is 59.6 Å². The van der Waals surface area contributed by atoms with Gasteiger partial charge in [0.05, 0.1) is 9.79 Å². The molecule has 0 heterocycles. The maximum absolute atomic E-state index is 12.0. The van der Waals surface area contributed by atoms with E-state index in [1.807, 2.05) is 12.1 Å². The number of para-hydroxylation sites is 2. The fraction of sp³-hybridized carbons (Fsp3) is 0. The van der Waals surface area contributed by atoms with Crippen LogP contribution in [0.15, 0.2) is 119 Å². The minimum atomic E-state index is -3.54. The molecule has 0 aromatic heterocycles. The molecule has 0 spiro atoms. The number of halogens is 2. The first-order chi connectivity index (χ1) is 16.2. The van der Waals surface area contributed by atoms with E-state index in [0.717, 1.165) is 0 Å². The number of sulfonamides is 2. The van der Waals surface area contributed by atoms with Gasteiger partial charge in [-0.2, -0.15) is 0 Å². The van der Waals surface area contributed by atoms with Gasteiger partial charge in [0, 0.05) is 21.4 Å². The number of nitrogens with one attached hydrogen (secondary N) is 2. The van der Waals surface area contributed by atoms with Gasteiger partial charge in [-0.25, -0.2) is 16.8 Å². The Morgan fingerprint density at radius 2 is 0.735 bits per heavy atom. The van der Waals surface area contributed by atoms with E-state index in [4.69, 9.17) is 23.2 Å². The molecule has 176 valence electrons. The van der Waals surface area contributed by atoms with Gasteiger partial charge < -0.3 is 0 Å². The maximum Gasteiger partial charge on any atom is 0.261 e. The molecular weight excluding hydrogens is 515 g/mol. The molecule has 4 aromatic carbocycles. The Kier molecular flexibility index (Phi) is 8.57. The quantitative estimate of drug-likeness (QED) is 0.304. The second kappa shape index (κ2) is 11.4. The van der Waals surface area contributed by atoms with Crippen LogP contribution in [0.5, 0.6) is 0 Å². The van der Waals surface area contributed by atoms with Crippen molar-refractivity contribution in [3.8, 4) is 0 Å². The molecule has 0 atom stereocenters. The van der Waals surface area contributed by atoms with E-state index in [-0.39, 0.29) is 9.79 Å². The predicted octanol–water partition coefficient (Wildman–Crippen LogP) is 6.28. The van der Waals surface area contributed by atoms with Gasteiger partial charge in [0.2, 0.25) is 0 Å². The second-order valence-corrected chi connectivity index (χ2v) is 11.1. The van der Waals surface area contributed by atoms with E-state index in [2.05, 4.69) is 9.44 Å². The number of benzene rings is 4. The van der Waals surface area contributed by atoms with E-state index in [0.29, 0.717) is 21.4 Å². The van der Waals surface area contributed by atoms with Crippen molar-refractivity contribution < 1.29 is 16.8 Å². The molecule has 4 aromatic rings. The van der Waals surface area contributed by atoms with Gasteiger partial charge in [0.1, 0.15) is 0 Å². The van der Waals surface area contributed by atoms with Crippen LogP contribution in [0.3, 0.4) is 0 Å². The number of rotatable bonds is 6. The molecule has 0 radical (unpaired) electrons. The van der Waals surface area contributed by atoms with Gasteiger partial charge in [0.25, 0.3) is 20.0 Å². The maximum atomic E-state index is 12.0. The summed E-state index contributed by atoms with van der Waals surface area (Å²) in [5.41, 5.74) is 1.06. The summed E-state index contributed by atoms with van der Waals surface area (Å²) in [6, 6.07) is 29.5. The van der Waals surface area contributed by atoms with Crippen molar-refractivity contribution in [1.29, 1.82) is 0 Å². The Morgan fingerprint density at radius 1 is 0.441 bits per heavy atom. The fourth-order valence-corrected chi connectivity index (χ4v) is 5.04. The second-order valence-electron chi connectivity index (χ2n) is 6.85. The van der Waals surface area contributed by atoms with Crippen LogP contribution in [0.1, 0.15) is 0 Å². The Hall–Kier alpha value is -3.04. The Morgan fingerprint density at radius 3 is 1.03 bits per heavy atom. The van der Waals surface area contributed by atoms with Crippen molar-refractivity contribution in [2.45, 2.75) is 9.79 Å². The van der Waals surface area contributed by atoms with Crippen molar-refractivity contribution in [2.75, 3.05) is 9.44 Å². The Bertz CT molecular complexity index is 1300. The summed E-state index contributed by atoms with van der Waals surface area (Å²) in [7, 11) is -7.08. The highest BCUT2D eigenvalue weighted by molar-refractivity contribution is 7.93. The lowest BCUT2D eigenvalue weighted by molar-refractivity contribution is 0.599. The van der Waals surface area contributed by atoms with E-state index < -0.39 is 20.0 Å². The molecule has 0 aliphatic carbocycles. The largest absolute Gasteiger partial charge is 0.280 e. The molecule has 0 amide bonds. The summed E-state index contributed by atoms with van der Waals surface area (Å²) >= 11 is 11.4. The number of hydrogen-bond acceptors (Lipinski definition) is 4. The van der Waals surface area contributed by atoms with Crippen LogP contribution >= 0.6 is 23.2 Å². The molecule has 0 aliphatic rings. The van der Waals surface area contributed by atoms with Crippen molar-refractivity contribution >= 4 is 54.6 Å². The molecule has 0 saturated heterocycles. The molecule has 0 aliphatic heterocycles. The summed E-state index contributed by atoms with van der Waals surface area (Å²) < 4.78 is 52.8. The van der Waals surface area contributed by atoms with Crippen LogP contribution in [0.25, 0.3) is 0 Å². The summed E-state index contributed by atoms with van der Waals surface area (Å²) in [6.07, 6.45) is 0. The van der Waals surface area contributed by atoms with Gasteiger partial charge in [-0.3, -0.25) is 9.44 Å². The van der Waals surface area contributed by atoms with Gasteiger partial charge >= 0.3 is 0 Å². The standard InChI is InChI=1S/2C12H10ClNO2S/c2*13-10-6-8-12(9-7-10)17(15,16)14-11-4-2-1-3-5-11/h2*1-9,14H. The third-order valence-electron chi connectivity index (χ3n) is 4.30. The van der Waals surface area contributed by atoms with Crippen molar-refractivity contribution in [3.63, 3.8) is 0 Å². The molecule has 0 fully saturated rings. The summed E-state index contributed by atoms with van der Waals surface area (Å²) in [4.78, 5) is 0.372. The first-order valence-corrected chi connectivity index (χ1v) is 13.5. The van der Waals surface area contributed by atoms with E-state index in [1.54, 1.807) is 72.8 Å².